The smallest absolute Gasteiger partial charge is 0.270 e. The van der Waals surface area contributed by atoms with Gasteiger partial charge in [-0.2, -0.15) is 0 Å². The highest BCUT2D eigenvalue weighted by atomic mass is 19.1. The van der Waals surface area contributed by atoms with Gasteiger partial charge in [-0.25, -0.2) is 4.39 Å². The molecule has 2 aliphatic rings. The van der Waals surface area contributed by atoms with Crippen LogP contribution in [0.15, 0.2) is 36.4 Å². The van der Waals surface area contributed by atoms with Crippen LogP contribution in [0.3, 0.4) is 0 Å². The minimum absolute atomic E-state index is 0.00453. The van der Waals surface area contributed by atoms with Crippen molar-refractivity contribution in [1.29, 1.82) is 0 Å². The standard InChI is InChI=1S/C27H32FN3O2/c1-17(2)20-15-21(19-9-4-5-10-24(19)33-3)22-16-23(29-26(22)25(20)28)27(32)31-13-11-30(12-14-31)18-7-6-8-18/h4-5,9-10,15-18,29H,6-8,11-14H2,1-3H3. The molecule has 1 N–H and O–H groups in total. The number of nitrogens with one attached hydrogen (secondary N) is 1. The monoisotopic (exact) mass is 449 g/mol. The zero-order valence-electron chi connectivity index (χ0n) is 19.7. The number of H-pyrrole nitrogens is 1. The molecule has 0 radical (unpaired) electrons. The third kappa shape index (κ3) is 3.90. The highest BCUT2D eigenvalue weighted by molar-refractivity contribution is 6.04. The van der Waals surface area contributed by atoms with Gasteiger partial charge in [-0.1, -0.05) is 38.5 Å². The number of hydrogen-bond acceptors (Lipinski definition) is 3. The molecule has 0 spiro atoms. The highest BCUT2D eigenvalue weighted by Crippen LogP contribution is 2.39. The van der Waals surface area contributed by atoms with Gasteiger partial charge in [-0.05, 0) is 48.1 Å². The molecule has 0 bridgehead atoms. The minimum atomic E-state index is -0.285. The van der Waals surface area contributed by atoms with Crippen LogP contribution in [0.2, 0.25) is 0 Å². The fourth-order valence-corrected chi connectivity index (χ4v) is 5.12. The van der Waals surface area contributed by atoms with Crippen LogP contribution in [-0.4, -0.2) is 60.0 Å². The molecule has 0 atom stereocenters. The number of fused-ring (bicyclic) bond motifs is 1. The first-order valence-electron chi connectivity index (χ1n) is 12.0. The van der Waals surface area contributed by atoms with E-state index in [0.717, 1.165) is 30.0 Å². The summed E-state index contributed by atoms with van der Waals surface area (Å²) in [5.74, 6) is 0.384. The lowest BCUT2D eigenvalue weighted by Crippen LogP contribution is -2.53. The molecule has 5 rings (SSSR count). The van der Waals surface area contributed by atoms with Crippen LogP contribution < -0.4 is 4.74 Å². The molecule has 2 fully saturated rings. The predicted molar refractivity (Wildman–Crippen MR) is 129 cm³/mol. The third-order valence-corrected chi connectivity index (χ3v) is 7.32. The van der Waals surface area contributed by atoms with Gasteiger partial charge < -0.3 is 14.6 Å². The maximum Gasteiger partial charge on any atom is 0.270 e. The second-order valence-electron chi connectivity index (χ2n) is 9.57. The number of aromatic amines is 1. The molecule has 2 heterocycles. The summed E-state index contributed by atoms with van der Waals surface area (Å²) >= 11 is 0. The van der Waals surface area contributed by atoms with Gasteiger partial charge in [0.25, 0.3) is 5.91 Å². The maximum atomic E-state index is 15.5. The van der Waals surface area contributed by atoms with Crippen molar-refractivity contribution in [3.05, 3.63) is 53.5 Å². The Kier molecular flexibility index (Phi) is 5.87. The zero-order valence-corrected chi connectivity index (χ0v) is 19.7. The SMILES string of the molecule is COc1ccccc1-c1cc(C(C)C)c(F)c2[nH]c(C(=O)N3CCN(C4CCC4)CC3)cc12. The predicted octanol–water partition coefficient (Wildman–Crippen LogP) is 5.42. The van der Waals surface area contributed by atoms with Gasteiger partial charge in [0.1, 0.15) is 11.4 Å². The fourth-order valence-electron chi connectivity index (χ4n) is 5.12. The number of carbonyl (C=O) groups is 1. The summed E-state index contributed by atoms with van der Waals surface area (Å²) in [7, 11) is 1.64. The van der Waals surface area contributed by atoms with Crippen LogP contribution in [0, 0.1) is 5.82 Å². The molecule has 1 amide bonds. The van der Waals surface area contributed by atoms with Crippen molar-refractivity contribution >= 4 is 16.8 Å². The van der Waals surface area contributed by atoms with Crippen molar-refractivity contribution in [2.24, 2.45) is 0 Å². The van der Waals surface area contributed by atoms with Crippen molar-refractivity contribution in [3.63, 3.8) is 0 Å². The summed E-state index contributed by atoms with van der Waals surface area (Å²) in [6, 6.07) is 12.2. The summed E-state index contributed by atoms with van der Waals surface area (Å²) in [5.41, 5.74) is 3.21. The van der Waals surface area contributed by atoms with Gasteiger partial charge in [0.15, 0.2) is 5.82 Å². The lowest BCUT2D eigenvalue weighted by Gasteiger charge is -2.42. The molecule has 174 valence electrons. The number of aromatic nitrogens is 1. The van der Waals surface area contributed by atoms with Crippen molar-refractivity contribution in [2.45, 2.75) is 45.1 Å². The van der Waals surface area contributed by atoms with Gasteiger partial charge >= 0.3 is 0 Å². The molecular formula is C27H32FN3O2. The Morgan fingerprint density at radius 2 is 1.82 bits per heavy atom. The number of nitrogens with zero attached hydrogens (tertiary/aromatic N) is 2. The van der Waals surface area contributed by atoms with E-state index < -0.39 is 0 Å². The van der Waals surface area contributed by atoms with E-state index >= 15 is 4.39 Å². The van der Waals surface area contributed by atoms with Gasteiger partial charge in [0, 0.05) is 43.2 Å². The number of carbonyl (C=O) groups excluding carboxylic acids is 1. The second-order valence-corrected chi connectivity index (χ2v) is 9.57. The first kappa shape index (κ1) is 22.0. The quantitative estimate of drug-likeness (QED) is 0.566. The number of halogens is 1. The number of hydrogen-bond donors (Lipinski definition) is 1. The second kappa shape index (κ2) is 8.82. The minimum Gasteiger partial charge on any atom is -0.496 e. The molecule has 0 unspecified atom stereocenters. The molecule has 5 nitrogen and oxygen atoms in total. The molecule has 6 heteroatoms. The average molecular weight is 450 g/mol. The molecule has 3 aromatic rings. The molecule has 1 saturated carbocycles. The maximum absolute atomic E-state index is 15.5. The lowest BCUT2D eigenvalue weighted by atomic mass is 9.91. The van der Waals surface area contributed by atoms with Crippen LogP contribution in [0.5, 0.6) is 5.75 Å². The van der Waals surface area contributed by atoms with Gasteiger partial charge in [-0.3, -0.25) is 9.69 Å². The van der Waals surface area contributed by atoms with Gasteiger partial charge in [-0.15, -0.1) is 0 Å². The van der Waals surface area contributed by atoms with Crippen LogP contribution in [-0.2, 0) is 0 Å². The molecule has 1 saturated heterocycles. The van der Waals surface area contributed by atoms with E-state index in [9.17, 15) is 4.79 Å². The number of amides is 1. The summed E-state index contributed by atoms with van der Waals surface area (Å²) in [6.07, 6.45) is 3.87. The Morgan fingerprint density at radius 3 is 2.45 bits per heavy atom. The third-order valence-electron chi connectivity index (χ3n) is 7.32. The average Bonchev–Trinajstić information content (AvgIpc) is 3.24. The highest BCUT2D eigenvalue weighted by Gasteiger charge is 2.30. The number of methoxy groups -OCH3 is 1. The van der Waals surface area contributed by atoms with Crippen molar-refractivity contribution in [1.82, 2.24) is 14.8 Å². The molecule has 1 aliphatic carbocycles. The topological polar surface area (TPSA) is 48.6 Å². The van der Waals surface area contributed by atoms with E-state index in [1.165, 1.54) is 19.3 Å². The van der Waals surface area contributed by atoms with E-state index in [1.54, 1.807) is 7.11 Å². The molecule has 33 heavy (non-hydrogen) atoms. The molecular weight excluding hydrogens is 417 g/mol. The van der Waals surface area contributed by atoms with Crippen LogP contribution in [0.25, 0.3) is 22.0 Å². The molecule has 1 aromatic heterocycles. The van der Waals surface area contributed by atoms with Crippen molar-refractivity contribution in [3.8, 4) is 16.9 Å². The number of para-hydroxylation sites is 1. The van der Waals surface area contributed by atoms with E-state index in [4.69, 9.17) is 4.74 Å². The Hall–Kier alpha value is -2.86. The van der Waals surface area contributed by atoms with Gasteiger partial charge in [0.05, 0.1) is 12.6 Å². The zero-order chi connectivity index (χ0) is 23.1. The molecule has 1 aliphatic heterocycles. The Morgan fingerprint density at radius 1 is 1.09 bits per heavy atom. The van der Waals surface area contributed by atoms with Crippen LogP contribution >= 0.6 is 0 Å². The summed E-state index contributed by atoms with van der Waals surface area (Å²) in [6.45, 7) is 7.21. The number of rotatable bonds is 5. The van der Waals surface area contributed by atoms with E-state index in [1.807, 2.05) is 55.1 Å². The lowest BCUT2D eigenvalue weighted by molar-refractivity contribution is 0.0452. The van der Waals surface area contributed by atoms with Crippen molar-refractivity contribution in [2.75, 3.05) is 33.3 Å². The number of piperazine rings is 1. The largest absolute Gasteiger partial charge is 0.496 e. The first-order chi connectivity index (χ1) is 16.0. The normalized spacial score (nSPS) is 17.5. The van der Waals surface area contributed by atoms with E-state index in [0.29, 0.717) is 41.3 Å². The summed E-state index contributed by atoms with van der Waals surface area (Å²) < 4.78 is 21.1. The van der Waals surface area contributed by atoms with E-state index in [-0.39, 0.29) is 17.6 Å². The van der Waals surface area contributed by atoms with E-state index in [2.05, 4.69) is 9.88 Å². The Labute approximate surface area is 194 Å². The van der Waals surface area contributed by atoms with Gasteiger partial charge in [0.2, 0.25) is 0 Å². The number of benzene rings is 2. The summed E-state index contributed by atoms with van der Waals surface area (Å²) in [4.78, 5) is 20.9. The Balaban J connectivity index is 1.52. The van der Waals surface area contributed by atoms with Crippen LogP contribution in [0.1, 0.15) is 55.1 Å². The fraction of sp³-hybridized carbons (Fsp3) is 0.444. The first-order valence-corrected chi connectivity index (χ1v) is 12.0. The van der Waals surface area contributed by atoms with Crippen LogP contribution in [0.4, 0.5) is 4.39 Å². The number of ether oxygens (including phenoxy) is 1. The summed E-state index contributed by atoms with van der Waals surface area (Å²) in [5, 5.41) is 0.706. The Bertz CT molecular complexity index is 1170. The molecule has 2 aromatic carbocycles. The van der Waals surface area contributed by atoms with Crippen molar-refractivity contribution < 1.29 is 13.9 Å².